The minimum absolute atomic E-state index is 0.129. The van der Waals surface area contributed by atoms with E-state index in [1.165, 1.54) is 0 Å². The lowest BCUT2D eigenvalue weighted by molar-refractivity contribution is -0.351. The van der Waals surface area contributed by atoms with Crippen molar-refractivity contribution in [2.24, 2.45) is 11.8 Å². The molecule has 2 saturated carbocycles. The molecule has 0 spiro atoms. The summed E-state index contributed by atoms with van der Waals surface area (Å²) in [4.78, 5) is 29.5. The Hall–Kier alpha value is -2.39. The van der Waals surface area contributed by atoms with Crippen molar-refractivity contribution in [3.8, 4) is 0 Å². The number of nitrogens with one attached hydrogen (secondary N) is 2. The van der Waals surface area contributed by atoms with Gasteiger partial charge in [0.2, 0.25) is 11.8 Å². The number of amides is 2. The van der Waals surface area contributed by atoms with Crippen LogP contribution < -0.4 is 10.6 Å². The highest BCUT2D eigenvalue weighted by molar-refractivity contribution is 6.31. The summed E-state index contributed by atoms with van der Waals surface area (Å²) in [5, 5.41) is 7.14. The lowest BCUT2D eigenvalue weighted by atomic mass is 9.80. The lowest BCUT2D eigenvalue weighted by Crippen LogP contribution is -2.51. The van der Waals surface area contributed by atoms with Crippen LogP contribution in [0.15, 0.2) is 30.3 Å². The van der Waals surface area contributed by atoms with Gasteiger partial charge in [-0.25, -0.2) is 4.98 Å². The molecule has 0 atom stereocenters. The minimum atomic E-state index is -4.64. The van der Waals surface area contributed by atoms with Crippen molar-refractivity contribution in [1.29, 1.82) is 0 Å². The van der Waals surface area contributed by atoms with Crippen LogP contribution in [0.1, 0.15) is 38.5 Å². The Morgan fingerprint density at radius 3 is 2.31 bits per heavy atom. The Morgan fingerprint density at radius 1 is 1.00 bits per heavy atom. The molecule has 1 aromatic heterocycles. The lowest BCUT2D eigenvalue weighted by Gasteiger charge is -2.37. The van der Waals surface area contributed by atoms with Crippen LogP contribution in [-0.2, 0) is 14.3 Å². The van der Waals surface area contributed by atoms with Crippen LogP contribution in [0.5, 0.6) is 0 Å². The van der Waals surface area contributed by atoms with Gasteiger partial charge in [-0.05, 0) is 68.9 Å². The van der Waals surface area contributed by atoms with Gasteiger partial charge in [-0.1, -0.05) is 11.6 Å². The maximum Gasteiger partial charge on any atom is 0.522 e. The average Bonchev–Trinajstić information content (AvgIpc) is 2.71. The number of ether oxygens (including phenoxy) is 1. The normalized spacial score (nSPS) is 25.8. The molecule has 2 aliphatic carbocycles. The fourth-order valence-corrected chi connectivity index (χ4v) is 4.48. The number of carbonyl (C=O) groups is 2. The first-order valence-corrected chi connectivity index (χ1v) is 11.0. The standard InChI is InChI=1S/C22H23ClF3N3O3/c23-15-6-7-18-14(9-15)5-8-19(28-18)29-21(31)13-3-1-12(2-4-13)20(30)27-16-10-17(11-16)32-22(24,25)26/h5-9,12-13,16-17H,1-4,10-11H2,(H,27,30)(H,28,29,31)/t12-,13-,16-,17+. The molecule has 0 bridgehead atoms. The van der Waals surface area contributed by atoms with E-state index in [-0.39, 0.29) is 42.5 Å². The number of halogens is 4. The van der Waals surface area contributed by atoms with E-state index in [1.54, 1.807) is 24.3 Å². The van der Waals surface area contributed by atoms with Crippen LogP contribution in [0.3, 0.4) is 0 Å². The fraction of sp³-hybridized carbons (Fsp3) is 0.500. The van der Waals surface area contributed by atoms with E-state index < -0.39 is 12.5 Å². The van der Waals surface area contributed by atoms with Crippen molar-refractivity contribution in [1.82, 2.24) is 10.3 Å². The zero-order valence-electron chi connectivity index (χ0n) is 17.1. The molecule has 1 aromatic carbocycles. The van der Waals surface area contributed by atoms with Gasteiger partial charge in [0, 0.05) is 28.3 Å². The molecule has 0 unspecified atom stereocenters. The van der Waals surface area contributed by atoms with E-state index >= 15 is 0 Å². The summed E-state index contributed by atoms with van der Waals surface area (Å²) < 4.78 is 40.5. The van der Waals surface area contributed by atoms with E-state index in [0.29, 0.717) is 36.5 Å². The van der Waals surface area contributed by atoms with Gasteiger partial charge in [-0.3, -0.25) is 14.3 Å². The Kier molecular flexibility index (Phi) is 6.57. The van der Waals surface area contributed by atoms with Gasteiger partial charge in [0.05, 0.1) is 11.6 Å². The predicted molar refractivity (Wildman–Crippen MR) is 113 cm³/mol. The van der Waals surface area contributed by atoms with Crippen molar-refractivity contribution in [3.05, 3.63) is 35.4 Å². The highest BCUT2D eigenvalue weighted by Crippen LogP contribution is 2.33. The van der Waals surface area contributed by atoms with Crippen LogP contribution in [0.2, 0.25) is 5.02 Å². The Morgan fingerprint density at radius 2 is 1.66 bits per heavy atom. The molecule has 2 fully saturated rings. The van der Waals surface area contributed by atoms with E-state index in [9.17, 15) is 22.8 Å². The number of hydrogen-bond donors (Lipinski definition) is 2. The number of hydrogen-bond acceptors (Lipinski definition) is 4. The van der Waals surface area contributed by atoms with Gasteiger partial charge in [0.15, 0.2) is 0 Å². The molecule has 1 heterocycles. The molecular weight excluding hydrogens is 447 g/mol. The van der Waals surface area contributed by atoms with Gasteiger partial charge >= 0.3 is 6.36 Å². The summed E-state index contributed by atoms with van der Waals surface area (Å²) >= 11 is 5.97. The van der Waals surface area contributed by atoms with Crippen LogP contribution in [-0.4, -0.2) is 35.3 Å². The predicted octanol–water partition coefficient (Wildman–Crippen LogP) is 4.82. The second-order valence-electron chi connectivity index (χ2n) is 8.43. The number of benzene rings is 1. The Labute approximate surface area is 187 Å². The number of carbonyl (C=O) groups excluding carboxylic acids is 2. The van der Waals surface area contributed by atoms with Crippen LogP contribution >= 0.6 is 11.6 Å². The van der Waals surface area contributed by atoms with Crippen LogP contribution in [0, 0.1) is 11.8 Å². The zero-order valence-corrected chi connectivity index (χ0v) is 17.9. The number of rotatable bonds is 5. The third-order valence-electron chi connectivity index (χ3n) is 6.11. The summed E-state index contributed by atoms with van der Waals surface area (Å²) in [6.07, 6.45) is -2.96. The summed E-state index contributed by atoms with van der Waals surface area (Å²) in [7, 11) is 0. The van der Waals surface area contributed by atoms with Crippen LogP contribution in [0.25, 0.3) is 10.9 Å². The van der Waals surface area contributed by atoms with E-state index in [1.807, 2.05) is 6.07 Å². The zero-order chi connectivity index (χ0) is 22.9. The number of pyridine rings is 1. The van der Waals surface area contributed by atoms with Crippen LogP contribution in [0.4, 0.5) is 19.0 Å². The summed E-state index contributed by atoms with van der Waals surface area (Å²) in [6, 6.07) is 8.61. The van der Waals surface area contributed by atoms with Gasteiger partial charge in [-0.2, -0.15) is 0 Å². The van der Waals surface area contributed by atoms with Gasteiger partial charge in [-0.15, -0.1) is 13.2 Å². The quantitative estimate of drug-likeness (QED) is 0.658. The largest absolute Gasteiger partial charge is 0.522 e. The monoisotopic (exact) mass is 469 g/mol. The van der Waals surface area contributed by atoms with Crippen molar-refractivity contribution >= 4 is 40.1 Å². The Balaban J connectivity index is 1.22. The van der Waals surface area contributed by atoms with E-state index in [4.69, 9.17) is 11.6 Å². The maximum atomic E-state index is 12.6. The fourth-order valence-electron chi connectivity index (χ4n) is 4.30. The first-order valence-electron chi connectivity index (χ1n) is 10.6. The van der Waals surface area contributed by atoms with Crippen molar-refractivity contribution < 1.29 is 27.5 Å². The minimum Gasteiger partial charge on any atom is -0.353 e. The second kappa shape index (κ2) is 9.23. The molecule has 0 aliphatic heterocycles. The third kappa shape index (κ3) is 5.69. The van der Waals surface area contributed by atoms with E-state index in [0.717, 1.165) is 10.9 Å². The molecular formula is C22H23ClF3N3O3. The molecule has 2 N–H and O–H groups in total. The van der Waals surface area contributed by atoms with Gasteiger partial charge < -0.3 is 10.6 Å². The smallest absolute Gasteiger partial charge is 0.353 e. The van der Waals surface area contributed by atoms with Gasteiger partial charge in [0.25, 0.3) is 0 Å². The van der Waals surface area contributed by atoms with Crippen molar-refractivity contribution in [3.63, 3.8) is 0 Å². The van der Waals surface area contributed by atoms with Gasteiger partial charge in [0.1, 0.15) is 5.82 Å². The summed E-state index contributed by atoms with van der Waals surface area (Å²) in [5.41, 5.74) is 0.728. The highest BCUT2D eigenvalue weighted by Gasteiger charge is 2.41. The SMILES string of the molecule is O=C(Nc1ccc2cc(Cl)ccc2n1)[C@H]1CC[C@H](C(=O)N[C@H]2C[C@@H](OC(F)(F)F)C2)CC1. The maximum absolute atomic E-state index is 12.6. The number of fused-ring (bicyclic) bond motifs is 1. The average molecular weight is 470 g/mol. The first kappa shape index (κ1) is 22.8. The molecule has 0 saturated heterocycles. The summed E-state index contributed by atoms with van der Waals surface area (Å²) in [5.74, 6) is -0.268. The number of alkyl halides is 3. The molecule has 32 heavy (non-hydrogen) atoms. The van der Waals surface area contributed by atoms with E-state index in [2.05, 4.69) is 20.4 Å². The number of aromatic nitrogens is 1. The highest BCUT2D eigenvalue weighted by atomic mass is 35.5. The molecule has 0 radical (unpaired) electrons. The number of anilines is 1. The number of nitrogens with zero attached hydrogens (tertiary/aromatic N) is 1. The third-order valence-corrected chi connectivity index (χ3v) is 6.35. The molecule has 2 amide bonds. The van der Waals surface area contributed by atoms with Crippen molar-refractivity contribution in [2.45, 2.75) is 57.0 Å². The Bertz CT molecular complexity index is 1000. The molecule has 4 rings (SSSR count). The molecule has 10 heteroatoms. The molecule has 172 valence electrons. The second-order valence-corrected chi connectivity index (χ2v) is 8.87. The first-order chi connectivity index (χ1) is 15.2. The molecule has 6 nitrogen and oxygen atoms in total. The topological polar surface area (TPSA) is 80.3 Å². The molecule has 2 aliphatic rings. The van der Waals surface area contributed by atoms with Crippen molar-refractivity contribution in [2.75, 3.05) is 5.32 Å². The molecule has 2 aromatic rings. The summed E-state index contributed by atoms with van der Waals surface area (Å²) in [6.45, 7) is 0.